The van der Waals surface area contributed by atoms with E-state index in [4.69, 9.17) is 27.4 Å². The topological polar surface area (TPSA) is 44.5 Å². The Labute approximate surface area is 105 Å². The number of benzene rings is 1. The molecular weight excluding hydrogens is 241 g/mol. The van der Waals surface area contributed by atoms with Gasteiger partial charge in [0.2, 0.25) is 0 Å². The molecule has 1 unspecified atom stereocenters. The first kappa shape index (κ1) is 12.4. The Morgan fingerprint density at radius 1 is 1.59 bits per heavy atom. The van der Waals surface area contributed by atoms with Gasteiger partial charge in [-0.05, 0) is 12.5 Å². The molecule has 0 bridgehead atoms. The van der Waals surface area contributed by atoms with E-state index in [0.29, 0.717) is 18.8 Å². The van der Waals surface area contributed by atoms with Crippen LogP contribution >= 0.6 is 12.2 Å². The second-order valence-electron chi connectivity index (χ2n) is 3.94. The Hall–Kier alpha value is -1.04. The minimum atomic E-state index is -0.390. The monoisotopic (exact) mass is 255 g/mol. The molecule has 1 aromatic rings. The van der Waals surface area contributed by atoms with Crippen LogP contribution < -0.4 is 5.73 Å². The summed E-state index contributed by atoms with van der Waals surface area (Å²) in [6.07, 6.45) is 0.916. The van der Waals surface area contributed by atoms with Crippen LogP contribution in [0.15, 0.2) is 18.2 Å². The summed E-state index contributed by atoms with van der Waals surface area (Å²) in [6.45, 7) is 1.51. The number of nitrogens with two attached hydrogens (primary N) is 1. The van der Waals surface area contributed by atoms with Crippen LogP contribution in [0.3, 0.4) is 0 Å². The smallest absolute Gasteiger partial charge is 0.138 e. The van der Waals surface area contributed by atoms with Crippen molar-refractivity contribution < 1.29 is 13.9 Å². The highest BCUT2D eigenvalue weighted by Crippen LogP contribution is 2.16. The molecule has 0 radical (unpaired) electrons. The maximum absolute atomic E-state index is 13.9. The van der Waals surface area contributed by atoms with Crippen molar-refractivity contribution in [2.45, 2.75) is 19.1 Å². The molecule has 5 heteroatoms. The normalized spacial score (nSPS) is 19.5. The summed E-state index contributed by atoms with van der Waals surface area (Å²) in [7, 11) is 0. The Bertz CT molecular complexity index is 419. The van der Waals surface area contributed by atoms with E-state index >= 15 is 0 Å². The van der Waals surface area contributed by atoms with Gasteiger partial charge in [-0.2, -0.15) is 0 Å². The van der Waals surface area contributed by atoms with E-state index in [0.717, 1.165) is 6.42 Å². The highest BCUT2D eigenvalue weighted by molar-refractivity contribution is 7.80. The highest BCUT2D eigenvalue weighted by Gasteiger charge is 2.17. The lowest BCUT2D eigenvalue weighted by atomic mass is 10.1. The minimum Gasteiger partial charge on any atom is -0.389 e. The molecule has 0 aromatic heterocycles. The van der Waals surface area contributed by atoms with Crippen molar-refractivity contribution in [3.05, 3.63) is 35.1 Å². The van der Waals surface area contributed by atoms with Crippen LogP contribution in [0.25, 0.3) is 0 Å². The summed E-state index contributed by atoms with van der Waals surface area (Å²) < 4.78 is 24.7. The second-order valence-corrected chi connectivity index (χ2v) is 4.38. The number of thiocarbonyl (C=S) groups is 1. The Morgan fingerprint density at radius 3 is 3.06 bits per heavy atom. The van der Waals surface area contributed by atoms with Gasteiger partial charge in [-0.15, -0.1) is 0 Å². The van der Waals surface area contributed by atoms with E-state index < -0.39 is 0 Å². The molecule has 1 aliphatic heterocycles. The van der Waals surface area contributed by atoms with Crippen molar-refractivity contribution in [1.29, 1.82) is 0 Å². The molecule has 2 rings (SSSR count). The van der Waals surface area contributed by atoms with E-state index in [9.17, 15) is 4.39 Å². The van der Waals surface area contributed by atoms with E-state index in [-0.39, 0.29) is 29.1 Å². The number of rotatable bonds is 4. The van der Waals surface area contributed by atoms with Gasteiger partial charge in [0, 0.05) is 17.7 Å². The standard InChI is InChI=1S/C12H14FNO2S/c13-11-8(2-1-3-10(11)12(14)17)6-16-9-4-5-15-7-9/h1-3,9H,4-7H2,(H2,14,17). The zero-order chi connectivity index (χ0) is 12.3. The van der Waals surface area contributed by atoms with Crippen LogP contribution in [0.5, 0.6) is 0 Å². The SMILES string of the molecule is NC(=S)c1cccc(COC2CCOC2)c1F. The van der Waals surface area contributed by atoms with Gasteiger partial charge in [0.1, 0.15) is 10.8 Å². The minimum absolute atomic E-state index is 0.0582. The predicted octanol–water partition coefficient (Wildman–Crippen LogP) is 1.77. The Balaban J connectivity index is 2.04. The van der Waals surface area contributed by atoms with Gasteiger partial charge in [-0.25, -0.2) is 4.39 Å². The van der Waals surface area contributed by atoms with Gasteiger partial charge in [0.25, 0.3) is 0 Å². The molecule has 1 heterocycles. The molecule has 17 heavy (non-hydrogen) atoms. The molecule has 1 saturated heterocycles. The summed E-state index contributed by atoms with van der Waals surface area (Å²) >= 11 is 4.78. The molecule has 0 spiro atoms. The average molecular weight is 255 g/mol. The van der Waals surface area contributed by atoms with Gasteiger partial charge in [0.15, 0.2) is 0 Å². The van der Waals surface area contributed by atoms with Gasteiger partial charge >= 0.3 is 0 Å². The molecule has 1 aliphatic rings. The first-order chi connectivity index (χ1) is 8.18. The van der Waals surface area contributed by atoms with Crippen molar-refractivity contribution in [2.75, 3.05) is 13.2 Å². The second kappa shape index (κ2) is 5.53. The van der Waals surface area contributed by atoms with E-state index in [2.05, 4.69) is 0 Å². The van der Waals surface area contributed by atoms with Crippen molar-refractivity contribution >= 4 is 17.2 Å². The van der Waals surface area contributed by atoms with Gasteiger partial charge < -0.3 is 15.2 Å². The fraction of sp³-hybridized carbons (Fsp3) is 0.417. The lowest BCUT2D eigenvalue weighted by Gasteiger charge is -2.11. The number of hydrogen-bond acceptors (Lipinski definition) is 3. The maximum Gasteiger partial charge on any atom is 0.138 e. The third-order valence-corrected chi connectivity index (χ3v) is 2.93. The molecule has 3 nitrogen and oxygen atoms in total. The first-order valence-corrected chi connectivity index (χ1v) is 5.86. The zero-order valence-electron chi connectivity index (χ0n) is 9.32. The fourth-order valence-corrected chi connectivity index (χ4v) is 1.89. The van der Waals surface area contributed by atoms with Crippen molar-refractivity contribution in [3.63, 3.8) is 0 Å². The fourth-order valence-electron chi connectivity index (χ4n) is 1.73. The van der Waals surface area contributed by atoms with Crippen LogP contribution in [-0.4, -0.2) is 24.3 Å². The van der Waals surface area contributed by atoms with Crippen molar-refractivity contribution in [2.24, 2.45) is 5.73 Å². The molecule has 1 aromatic carbocycles. The van der Waals surface area contributed by atoms with Gasteiger partial charge in [0.05, 0.1) is 19.3 Å². The molecule has 0 amide bonds. The van der Waals surface area contributed by atoms with Crippen molar-refractivity contribution in [1.82, 2.24) is 0 Å². The van der Waals surface area contributed by atoms with Crippen LogP contribution in [-0.2, 0) is 16.1 Å². The predicted molar refractivity (Wildman–Crippen MR) is 66.3 cm³/mol. The lowest BCUT2D eigenvalue weighted by Crippen LogP contribution is -2.15. The molecule has 92 valence electrons. The molecule has 1 fully saturated rings. The van der Waals surface area contributed by atoms with Crippen LogP contribution in [0, 0.1) is 5.82 Å². The maximum atomic E-state index is 13.9. The first-order valence-electron chi connectivity index (χ1n) is 5.45. The van der Waals surface area contributed by atoms with Gasteiger partial charge in [-0.3, -0.25) is 0 Å². The summed E-state index contributed by atoms with van der Waals surface area (Å²) in [6, 6.07) is 4.97. The summed E-state index contributed by atoms with van der Waals surface area (Å²) in [5.41, 5.74) is 6.17. The van der Waals surface area contributed by atoms with Crippen molar-refractivity contribution in [3.8, 4) is 0 Å². The lowest BCUT2D eigenvalue weighted by molar-refractivity contribution is 0.0304. The molecule has 2 N–H and O–H groups in total. The summed E-state index contributed by atoms with van der Waals surface area (Å²) in [5.74, 6) is -0.390. The average Bonchev–Trinajstić information content (AvgIpc) is 2.80. The Morgan fingerprint density at radius 2 is 2.41 bits per heavy atom. The van der Waals surface area contributed by atoms with Crippen LogP contribution in [0.4, 0.5) is 4.39 Å². The van der Waals surface area contributed by atoms with E-state index in [1.165, 1.54) is 0 Å². The summed E-state index contributed by atoms with van der Waals surface area (Å²) in [4.78, 5) is 0.0635. The third-order valence-electron chi connectivity index (χ3n) is 2.71. The van der Waals surface area contributed by atoms with E-state index in [1.54, 1.807) is 18.2 Å². The van der Waals surface area contributed by atoms with Crippen LogP contribution in [0.2, 0.25) is 0 Å². The van der Waals surface area contributed by atoms with Crippen LogP contribution in [0.1, 0.15) is 17.5 Å². The number of hydrogen-bond donors (Lipinski definition) is 1. The zero-order valence-corrected chi connectivity index (χ0v) is 10.1. The molecule has 0 aliphatic carbocycles. The number of halogens is 1. The molecule has 0 saturated carbocycles. The third kappa shape index (κ3) is 3.00. The quantitative estimate of drug-likeness (QED) is 0.833. The highest BCUT2D eigenvalue weighted by atomic mass is 32.1. The van der Waals surface area contributed by atoms with E-state index in [1.807, 2.05) is 0 Å². The van der Waals surface area contributed by atoms with Gasteiger partial charge in [-0.1, -0.05) is 24.4 Å². The largest absolute Gasteiger partial charge is 0.389 e. The number of ether oxygens (including phenoxy) is 2. The summed E-state index contributed by atoms with van der Waals surface area (Å²) in [5, 5.41) is 0. The molecular formula is C12H14FNO2S. The molecule has 1 atom stereocenters. The Kier molecular flexibility index (Phi) is 4.04.